The van der Waals surface area contributed by atoms with Gasteiger partial charge in [-0.3, -0.25) is 4.79 Å². The molecule has 2 fully saturated rings. The number of benzene rings is 2. The third kappa shape index (κ3) is 5.96. The van der Waals surface area contributed by atoms with E-state index in [0.717, 1.165) is 25.7 Å². The number of aromatic nitrogens is 5. The Morgan fingerprint density at radius 2 is 1.65 bits per heavy atom. The lowest BCUT2D eigenvalue weighted by Crippen LogP contribution is -2.38. The Labute approximate surface area is 252 Å². The van der Waals surface area contributed by atoms with Crippen molar-refractivity contribution >= 4 is 42.8 Å². The Bertz CT molecular complexity index is 1910. The predicted molar refractivity (Wildman–Crippen MR) is 156 cm³/mol. The SMILES string of the molecule is O=c1[nH]c(C2CCN(S(=O)(=O)c3ccc(S(=O)(=O)NC4CCCC4)cc3)CC2)nc2c1nnn2Cc1c(F)cccc1Cl. The van der Waals surface area contributed by atoms with Gasteiger partial charge in [0.25, 0.3) is 5.56 Å². The molecule has 0 unspecified atom stereocenters. The highest BCUT2D eigenvalue weighted by Gasteiger charge is 2.32. The highest BCUT2D eigenvalue weighted by Crippen LogP contribution is 2.30. The zero-order valence-electron chi connectivity index (χ0n) is 22.9. The van der Waals surface area contributed by atoms with E-state index in [4.69, 9.17) is 11.6 Å². The fourth-order valence-corrected chi connectivity index (χ4v) is 8.65. The molecule has 1 aliphatic carbocycles. The molecule has 12 nitrogen and oxygen atoms in total. The summed E-state index contributed by atoms with van der Waals surface area (Å²) in [4.78, 5) is 20.1. The smallest absolute Gasteiger partial charge is 0.281 e. The summed E-state index contributed by atoms with van der Waals surface area (Å²) in [5.41, 5.74) is -0.141. The van der Waals surface area contributed by atoms with Gasteiger partial charge in [0.2, 0.25) is 20.0 Å². The molecule has 16 heteroatoms. The van der Waals surface area contributed by atoms with Crippen LogP contribution >= 0.6 is 11.6 Å². The fraction of sp³-hybridized carbons (Fsp3) is 0.407. The minimum Gasteiger partial charge on any atom is -0.308 e. The average molecular weight is 650 g/mol. The van der Waals surface area contributed by atoms with E-state index in [1.165, 1.54) is 45.4 Å². The van der Waals surface area contributed by atoms with E-state index in [2.05, 4.69) is 25.0 Å². The lowest BCUT2D eigenvalue weighted by atomic mass is 9.97. The molecular formula is C27H29ClFN7O5S2. The summed E-state index contributed by atoms with van der Waals surface area (Å²) >= 11 is 6.16. The van der Waals surface area contributed by atoms with Gasteiger partial charge in [-0.1, -0.05) is 35.7 Å². The molecule has 2 aliphatic rings. The number of nitrogens with zero attached hydrogens (tertiary/aromatic N) is 5. The number of piperidine rings is 1. The third-order valence-corrected chi connectivity index (χ3v) is 11.9. The molecule has 228 valence electrons. The van der Waals surface area contributed by atoms with E-state index in [0.29, 0.717) is 18.7 Å². The first-order valence-corrected chi connectivity index (χ1v) is 17.2. The van der Waals surface area contributed by atoms with Gasteiger partial charge in [-0.25, -0.2) is 35.6 Å². The van der Waals surface area contributed by atoms with Crippen LogP contribution in [-0.2, 0) is 26.6 Å². The zero-order chi connectivity index (χ0) is 30.4. The average Bonchev–Trinajstić information content (AvgIpc) is 3.65. The van der Waals surface area contributed by atoms with Gasteiger partial charge in [-0.15, -0.1) is 5.10 Å². The van der Waals surface area contributed by atoms with Crippen LogP contribution in [0.25, 0.3) is 11.2 Å². The Morgan fingerprint density at radius 3 is 2.33 bits per heavy atom. The van der Waals surface area contributed by atoms with Crippen LogP contribution in [-0.4, -0.2) is 65.2 Å². The summed E-state index contributed by atoms with van der Waals surface area (Å²) < 4.78 is 71.9. The molecule has 6 rings (SSSR count). The van der Waals surface area contributed by atoms with Crippen LogP contribution in [0.2, 0.25) is 5.02 Å². The molecule has 43 heavy (non-hydrogen) atoms. The highest BCUT2D eigenvalue weighted by molar-refractivity contribution is 7.89. The summed E-state index contributed by atoms with van der Waals surface area (Å²) in [6.45, 7) is 0.256. The van der Waals surface area contributed by atoms with Crippen LogP contribution in [0, 0.1) is 5.82 Å². The monoisotopic (exact) mass is 649 g/mol. The summed E-state index contributed by atoms with van der Waals surface area (Å²) in [5.74, 6) is -0.410. The van der Waals surface area contributed by atoms with Crippen molar-refractivity contribution in [2.24, 2.45) is 0 Å². The van der Waals surface area contributed by atoms with Crippen LogP contribution in [0.3, 0.4) is 0 Å². The molecule has 0 radical (unpaired) electrons. The first-order valence-electron chi connectivity index (χ1n) is 13.9. The topological polar surface area (TPSA) is 160 Å². The molecule has 1 saturated carbocycles. The summed E-state index contributed by atoms with van der Waals surface area (Å²) in [6, 6.07) is 9.47. The van der Waals surface area contributed by atoms with Crippen molar-refractivity contribution in [1.82, 2.24) is 34.0 Å². The number of aromatic amines is 1. The van der Waals surface area contributed by atoms with Gasteiger partial charge in [-0.05, 0) is 62.1 Å². The quantitative estimate of drug-likeness (QED) is 0.294. The van der Waals surface area contributed by atoms with Crippen molar-refractivity contribution in [3.8, 4) is 0 Å². The predicted octanol–water partition coefficient (Wildman–Crippen LogP) is 3.14. The molecule has 0 spiro atoms. The van der Waals surface area contributed by atoms with Crippen LogP contribution in [0.4, 0.5) is 4.39 Å². The van der Waals surface area contributed by atoms with Crippen molar-refractivity contribution < 1.29 is 21.2 Å². The number of hydrogen-bond acceptors (Lipinski definition) is 8. The molecule has 2 N–H and O–H groups in total. The van der Waals surface area contributed by atoms with Gasteiger partial charge in [0, 0.05) is 35.6 Å². The van der Waals surface area contributed by atoms with Crippen molar-refractivity contribution in [2.45, 2.75) is 66.8 Å². The molecule has 1 saturated heterocycles. The molecule has 0 amide bonds. The van der Waals surface area contributed by atoms with Gasteiger partial charge < -0.3 is 4.98 Å². The molecule has 4 aromatic rings. The molecule has 2 aromatic carbocycles. The number of rotatable bonds is 8. The van der Waals surface area contributed by atoms with E-state index in [9.17, 15) is 26.0 Å². The molecule has 3 heterocycles. The lowest BCUT2D eigenvalue weighted by molar-refractivity contribution is 0.313. The second-order valence-corrected chi connectivity index (χ2v) is 14.9. The normalized spacial score (nSPS) is 17.6. The van der Waals surface area contributed by atoms with Crippen molar-refractivity contribution in [1.29, 1.82) is 0 Å². The maximum absolute atomic E-state index is 14.4. The summed E-state index contributed by atoms with van der Waals surface area (Å²) in [6.07, 6.45) is 4.31. The van der Waals surface area contributed by atoms with E-state index < -0.39 is 31.4 Å². The van der Waals surface area contributed by atoms with Gasteiger partial charge in [0.15, 0.2) is 11.2 Å². The van der Waals surface area contributed by atoms with Gasteiger partial charge in [0.05, 0.1) is 16.3 Å². The zero-order valence-corrected chi connectivity index (χ0v) is 25.3. The largest absolute Gasteiger partial charge is 0.308 e. The van der Waals surface area contributed by atoms with Crippen molar-refractivity contribution in [3.63, 3.8) is 0 Å². The highest BCUT2D eigenvalue weighted by atomic mass is 35.5. The Kier molecular flexibility index (Phi) is 8.10. The van der Waals surface area contributed by atoms with E-state index in [-0.39, 0.29) is 63.1 Å². The van der Waals surface area contributed by atoms with Gasteiger partial charge in [-0.2, -0.15) is 4.31 Å². The maximum atomic E-state index is 14.4. The Hall–Kier alpha value is -3.24. The summed E-state index contributed by atoms with van der Waals surface area (Å²) in [5, 5.41) is 8.08. The second kappa shape index (κ2) is 11.7. The van der Waals surface area contributed by atoms with E-state index in [1.807, 2.05) is 0 Å². The minimum atomic E-state index is -3.88. The second-order valence-electron chi connectivity index (χ2n) is 10.8. The number of hydrogen-bond donors (Lipinski definition) is 2. The van der Waals surface area contributed by atoms with E-state index >= 15 is 0 Å². The van der Waals surface area contributed by atoms with E-state index in [1.54, 1.807) is 6.07 Å². The van der Waals surface area contributed by atoms with Crippen LogP contribution in [0.1, 0.15) is 55.8 Å². The standard InChI is InChI=1S/C27H29ClFN7O5S2/c28-22-6-3-7-23(29)21(22)16-36-26-24(32-34-36)27(37)31-25(30-26)17-12-14-35(15-13-17)43(40,41)20-10-8-19(9-11-20)42(38,39)33-18-4-1-2-5-18/h3,6-11,17-18,33H,1-2,4-5,12-16H2,(H,30,31,37). The first kappa shape index (κ1) is 29.8. The minimum absolute atomic E-state index is 0.000119. The van der Waals surface area contributed by atoms with Crippen molar-refractivity contribution in [3.05, 3.63) is 75.0 Å². The maximum Gasteiger partial charge on any atom is 0.281 e. The number of sulfonamides is 2. The van der Waals surface area contributed by atoms with Crippen LogP contribution in [0.5, 0.6) is 0 Å². The molecule has 0 atom stereocenters. The summed E-state index contributed by atoms with van der Waals surface area (Å²) in [7, 11) is -7.62. The lowest BCUT2D eigenvalue weighted by Gasteiger charge is -2.30. The number of H-pyrrole nitrogens is 1. The molecule has 1 aliphatic heterocycles. The number of nitrogens with one attached hydrogen (secondary N) is 2. The van der Waals surface area contributed by atoms with Gasteiger partial charge >= 0.3 is 0 Å². The Morgan fingerprint density at radius 1 is 0.977 bits per heavy atom. The van der Waals surface area contributed by atoms with Crippen LogP contribution in [0.15, 0.2) is 57.1 Å². The number of halogens is 2. The molecule has 2 aromatic heterocycles. The molecular weight excluding hydrogens is 621 g/mol. The van der Waals surface area contributed by atoms with Crippen molar-refractivity contribution in [2.75, 3.05) is 13.1 Å². The fourth-order valence-electron chi connectivity index (χ4n) is 5.66. The van der Waals surface area contributed by atoms with Gasteiger partial charge in [0.1, 0.15) is 11.6 Å². The molecule has 0 bridgehead atoms. The Balaban J connectivity index is 1.16. The van der Waals surface area contributed by atoms with Crippen LogP contribution < -0.4 is 10.3 Å². The first-order chi connectivity index (χ1) is 20.5. The third-order valence-electron chi connectivity index (χ3n) is 8.05. The number of fused-ring (bicyclic) bond motifs is 1.